The van der Waals surface area contributed by atoms with Gasteiger partial charge in [0.25, 0.3) is 5.91 Å². The van der Waals surface area contributed by atoms with E-state index < -0.39 is 11.9 Å². The third kappa shape index (κ3) is 4.15. The van der Waals surface area contributed by atoms with Crippen LogP contribution in [0.4, 0.5) is 18.9 Å². The van der Waals surface area contributed by atoms with E-state index >= 15 is 0 Å². The molecule has 0 saturated heterocycles. The van der Waals surface area contributed by atoms with Crippen LogP contribution in [0.3, 0.4) is 0 Å². The highest BCUT2D eigenvalue weighted by molar-refractivity contribution is 6.32. The Balaban J connectivity index is 1.46. The Labute approximate surface area is 196 Å². The van der Waals surface area contributed by atoms with Gasteiger partial charge in [0.15, 0.2) is 5.69 Å². The molecule has 0 unspecified atom stereocenters. The van der Waals surface area contributed by atoms with Crippen LogP contribution < -0.4 is 5.32 Å². The monoisotopic (exact) mass is 480 g/mol. The largest absolute Gasteiger partial charge is 0.435 e. The molecule has 0 aliphatic carbocycles. The Morgan fingerprint density at radius 3 is 2.47 bits per heavy atom. The Bertz CT molecular complexity index is 1500. The number of benzene rings is 3. The summed E-state index contributed by atoms with van der Waals surface area (Å²) in [4.78, 5) is 15.8. The number of rotatable bonds is 4. The molecule has 5 nitrogen and oxygen atoms in total. The first-order chi connectivity index (χ1) is 16.3. The van der Waals surface area contributed by atoms with Crippen LogP contribution >= 0.6 is 11.6 Å². The van der Waals surface area contributed by atoms with Crippen molar-refractivity contribution in [2.75, 3.05) is 5.32 Å². The van der Waals surface area contributed by atoms with Crippen LogP contribution in [0, 0.1) is 0 Å². The molecule has 0 radical (unpaired) electrons. The molecule has 0 aliphatic heterocycles. The van der Waals surface area contributed by atoms with Crippen LogP contribution in [-0.2, 0) is 6.18 Å². The molecule has 0 saturated carbocycles. The molecule has 9 heteroatoms. The number of halogens is 4. The van der Waals surface area contributed by atoms with E-state index in [1.54, 1.807) is 54.6 Å². The summed E-state index contributed by atoms with van der Waals surface area (Å²) in [5.41, 5.74) is 1.88. The first-order valence-corrected chi connectivity index (χ1v) is 10.6. The quantitative estimate of drug-likeness (QED) is 0.292. The lowest BCUT2D eigenvalue weighted by atomic mass is 10.1. The fraction of sp³-hybridized carbons (Fsp3) is 0.0400. The van der Waals surface area contributed by atoms with Crippen LogP contribution in [0.25, 0.3) is 27.8 Å². The minimum Gasteiger partial charge on any atom is -0.361 e. The van der Waals surface area contributed by atoms with Crippen LogP contribution in [0.15, 0.2) is 85.1 Å². The topological polar surface area (TPSA) is 62.7 Å². The number of nitrogens with zero attached hydrogens (tertiary/aromatic N) is 2. The van der Waals surface area contributed by atoms with Crippen molar-refractivity contribution in [1.82, 2.24) is 14.8 Å². The van der Waals surface area contributed by atoms with Gasteiger partial charge in [0, 0.05) is 33.9 Å². The number of H-pyrrole nitrogens is 1. The predicted molar refractivity (Wildman–Crippen MR) is 125 cm³/mol. The van der Waals surface area contributed by atoms with Crippen LogP contribution in [0.2, 0.25) is 5.02 Å². The second-order valence-corrected chi connectivity index (χ2v) is 7.99. The average Bonchev–Trinajstić information content (AvgIpc) is 3.46. The zero-order chi connectivity index (χ0) is 23.9. The molecule has 2 aromatic heterocycles. The molecule has 5 rings (SSSR count). The molecule has 2 N–H and O–H groups in total. The number of amides is 1. The summed E-state index contributed by atoms with van der Waals surface area (Å²) < 4.78 is 41.4. The Kier molecular flexibility index (Phi) is 5.37. The summed E-state index contributed by atoms with van der Waals surface area (Å²) in [6, 6.07) is 21.1. The molecule has 5 aromatic rings. The second-order valence-electron chi connectivity index (χ2n) is 7.59. The van der Waals surface area contributed by atoms with E-state index in [-0.39, 0.29) is 16.6 Å². The van der Waals surface area contributed by atoms with Crippen molar-refractivity contribution in [3.8, 4) is 16.9 Å². The first-order valence-electron chi connectivity index (χ1n) is 10.2. The highest BCUT2D eigenvalue weighted by Gasteiger charge is 2.35. The van der Waals surface area contributed by atoms with Gasteiger partial charge in [-0.2, -0.15) is 18.3 Å². The summed E-state index contributed by atoms with van der Waals surface area (Å²) in [5.74, 6) is -0.336. The Morgan fingerprint density at radius 1 is 0.971 bits per heavy atom. The smallest absolute Gasteiger partial charge is 0.361 e. The number of aromatic nitrogens is 3. The number of carbonyl (C=O) groups is 1. The second kappa shape index (κ2) is 8.39. The zero-order valence-electron chi connectivity index (χ0n) is 17.4. The number of anilines is 1. The number of carbonyl (C=O) groups excluding carboxylic acids is 1. The minimum absolute atomic E-state index is 0.199. The van der Waals surface area contributed by atoms with Crippen molar-refractivity contribution in [2.45, 2.75) is 6.18 Å². The van der Waals surface area contributed by atoms with E-state index in [1.165, 1.54) is 0 Å². The third-order valence-electron chi connectivity index (χ3n) is 5.33. The van der Waals surface area contributed by atoms with Gasteiger partial charge in [0.05, 0.1) is 16.4 Å². The van der Waals surface area contributed by atoms with E-state index in [9.17, 15) is 18.0 Å². The van der Waals surface area contributed by atoms with E-state index in [1.807, 2.05) is 24.4 Å². The number of hydrogen-bond acceptors (Lipinski definition) is 2. The molecule has 2 heterocycles. The number of fused-ring (bicyclic) bond motifs is 1. The van der Waals surface area contributed by atoms with Crippen molar-refractivity contribution >= 4 is 34.1 Å². The van der Waals surface area contributed by atoms with Crippen LogP contribution in [0.1, 0.15) is 16.1 Å². The summed E-state index contributed by atoms with van der Waals surface area (Å²) in [7, 11) is 0. The van der Waals surface area contributed by atoms with Gasteiger partial charge in [0.2, 0.25) is 0 Å². The van der Waals surface area contributed by atoms with E-state index in [0.29, 0.717) is 22.5 Å². The predicted octanol–water partition coefficient (Wildman–Crippen LogP) is 6.95. The number of alkyl halides is 3. The normalized spacial score (nSPS) is 11.6. The molecular weight excluding hydrogens is 465 g/mol. The van der Waals surface area contributed by atoms with Crippen molar-refractivity contribution < 1.29 is 18.0 Å². The van der Waals surface area contributed by atoms with Crippen LogP contribution in [-0.4, -0.2) is 20.7 Å². The molecular formula is C25H16ClF3N4O. The standard InChI is InChI=1S/C25H16ClF3N4O/c26-19-3-1-2-4-21(19)33-22(14-23(32-33)25(27,28)29)15-5-7-16(8-6-15)24(34)31-18-9-10-20-17(13-18)11-12-30-20/h1-14,30H,(H,31,34). The van der Waals surface area contributed by atoms with Gasteiger partial charge in [-0.3, -0.25) is 4.79 Å². The highest BCUT2D eigenvalue weighted by atomic mass is 35.5. The number of nitrogens with one attached hydrogen (secondary N) is 2. The Hall–Kier alpha value is -4.04. The van der Waals surface area contributed by atoms with Gasteiger partial charge in [-0.05, 0) is 54.6 Å². The lowest BCUT2D eigenvalue weighted by Gasteiger charge is -2.10. The maximum Gasteiger partial charge on any atom is 0.435 e. The molecule has 34 heavy (non-hydrogen) atoms. The van der Waals surface area contributed by atoms with E-state index in [0.717, 1.165) is 21.7 Å². The van der Waals surface area contributed by atoms with Crippen LogP contribution in [0.5, 0.6) is 0 Å². The fourth-order valence-corrected chi connectivity index (χ4v) is 3.87. The van der Waals surface area contributed by atoms with Gasteiger partial charge in [-0.1, -0.05) is 35.9 Å². The lowest BCUT2D eigenvalue weighted by molar-refractivity contribution is -0.141. The minimum atomic E-state index is -4.62. The van der Waals surface area contributed by atoms with E-state index in [4.69, 9.17) is 11.6 Å². The SMILES string of the molecule is O=C(Nc1ccc2[nH]ccc2c1)c1ccc(-c2cc(C(F)(F)F)nn2-c2ccccc2Cl)cc1. The maximum atomic E-state index is 13.4. The molecule has 0 aliphatic rings. The van der Waals surface area contributed by atoms with Crippen molar-refractivity contribution in [3.63, 3.8) is 0 Å². The van der Waals surface area contributed by atoms with Gasteiger partial charge in [-0.15, -0.1) is 0 Å². The van der Waals surface area contributed by atoms with Gasteiger partial charge in [-0.25, -0.2) is 4.68 Å². The summed E-state index contributed by atoms with van der Waals surface area (Å²) >= 11 is 6.22. The fourth-order valence-electron chi connectivity index (χ4n) is 3.66. The van der Waals surface area contributed by atoms with Crippen molar-refractivity contribution in [1.29, 1.82) is 0 Å². The molecule has 0 atom stereocenters. The van der Waals surface area contributed by atoms with Gasteiger partial charge >= 0.3 is 6.18 Å². The van der Waals surface area contributed by atoms with Crippen molar-refractivity contribution in [3.05, 3.63) is 101 Å². The molecule has 0 spiro atoms. The third-order valence-corrected chi connectivity index (χ3v) is 5.65. The molecule has 1 amide bonds. The molecule has 170 valence electrons. The summed E-state index contributed by atoms with van der Waals surface area (Å²) in [5, 5.41) is 7.80. The molecule has 3 aromatic carbocycles. The van der Waals surface area contributed by atoms with Gasteiger partial charge < -0.3 is 10.3 Å². The summed E-state index contributed by atoms with van der Waals surface area (Å²) in [6.07, 6.45) is -2.81. The van der Waals surface area contributed by atoms with E-state index in [2.05, 4.69) is 15.4 Å². The highest BCUT2D eigenvalue weighted by Crippen LogP contribution is 2.34. The maximum absolute atomic E-state index is 13.4. The average molecular weight is 481 g/mol. The molecule has 0 bridgehead atoms. The van der Waals surface area contributed by atoms with Crippen molar-refractivity contribution in [2.24, 2.45) is 0 Å². The lowest BCUT2D eigenvalue weighted by Crippen LogP contribution is -2.11. The molecule has 0 fully saturated rings. The zero-order valence-corrected chi connectivity index (χ0v) is 18.2. The number of aromatic amines is 1. The van der Waals surface area contributed by atoms with Gasteiger partial charge in [0.1, 0.15) is 0 Å². The number of hydrogen-bond donors (Lipinski definition) is 2. The summed E-state index contributed by atoms with van der Waals surface area (Å²) in [6.45, 7) is 0. The first kappa shape index (κ1) is 21.8. The Morgan fingerprint density at radius 2 is 1.74 bits per heavy atom. The number of para-hydroxylation sites is 1.